The number of nitrogens with zero attached hydrogens (tertiary/aromatic N) is 1. The van der Waals surface area contributed by atoms with Gasteiger partial charge in [0.25, 0.3) is 5.91 Å². The third-order valence-electron chi connectivity index (χ3n) is 7.68. The standard InChI is InChI=1S/C31H37N3O2/c1-20(2)19-27(30(35)32-18-17-22-11-5-4-6-12-22)34-29(23-13-7-8-14-24(23)31(34)36)28-21(3)33-26-16-10-9-15-25(26)28/h7-11,13-16,20,27,29,33H,4-6,12,17-19H2,1-3H3,(H,32,35). The van der Waals surface area contributed by atoms with E-state index in [1.807, 2.05) is 41.3 Å². The van der Waals surface area contributed by atoms with E-state index in [9.17, 15) is 9.59 Å². The number of benzene rings is 2. The van der Waals surface area contributed by atoms with Crippen LogP contribution in [-0.4, -0.2) is 34.3 Å². The zero-order valence-corrected chi connectivity index (χ0v) is 21.6. The van der Waals surface area contributed by atoms with E-state index in [1.54, 1.807) is 0 Å². The number of allylic oxidation sites excluding steroid dienone is 1. The highest BCUT2D eigenvalue weighted by molar-refractivity contribution is 6.03. The largest absolute Gasteiger partial charge is 0.358 e. The molecule has 5 nitrogen and oxygen atoms in total. The Labute approximate surface area is 214 Å². The van der Waals surface area contributed by atoms with Crippen molar-refractivity contribution in [2.24, 2.45) is 5.92 Å². The van der Waals surface area contributed by atoms with Crippen molar-refractivity contribution in [3.8, 4) is 0 Å². The van der Waals surface area contributed by atoms with Crippen LogP contribution in [-0.2, 0) is 4.79 Å². The Morgan fingerprint density at radius 3 is 2.67 bits per heavy atom. The summed E-state index contributed by atoms with van der Waals surface area (Å²) in [5.74, 6) is 0.155. The normalized spacial score (nSPS) is 18.4. The summed E-state index contributed by atoms with van der Waals surface area (Å²) in [6.07, 6.45) is 8.61. The number of hydrogen-bond acceptors (Lipinski definition) is 2. The van der Waals surface area contributed by atoms with Gasteiger partial charge in [-0.1, -0.05) is 61.9 Å². The summed E-state index contributed by atoms with van der Waals surface area (Å²) >= 11 is 0. The Hall–Kier alpha value is -3.34. The summed E-state index contributed by atoms with van der Waals surface area (Å²) in [5, 5.41) is 4.30. The second kappa shape index (κ2) is 10.3. The Morgan fingerprint density at radius 2 is 1.89 bits per heavy atom. The first-order chi connectivity index (χ1) is 17.5. The number of amides is 2. The van der Waals surface area contributed by atoms with E-state index < -0.39 is 6.04 Å². The molecule has 0 spiro atoms. The Balaban J connectivity index is 1.51. The van der Waals surface area contributed by atoms with Gasteiger partial charge in [-0.05, 0) is 69.1 Å². The van der Waals surface area contributed by atoms with Gasteiger partial charge in [-0.15, -0.1) is 0 Å². The summed E-state index contributed by atoms with van der Waals surface area (Å²) in [7, 11) is 0. The Bertz CT molecular complexity index is 1300. The molecule has 2 heterocycles. The SMILES string of the molecule is Cc1[nH]c2ccccc2c1C1c2ccccc2C(=O)N1C(CC(C)C)C(=O)NCCC1=CCCCC1. The third kappa shape index (κ3) is 4.59. The second-order valence-electron chi connectivity index (χ2n) is 10.7. The molecule has 2 amide bonds. The molecule has 2 aliphatic rings. The molecule has 188 valence electrons. The number of fused-ring (bicyclic) bond motifs is 2. The van der Waals surface area contributed by atoms with Crippen LogP contribution in [0.1, 0.15) is 85.6 Å². The van der Waals surface area contributed by atoms with Gasteiger partial charge in [-0.3, -0.25) is 9.59 Å². The molecule has 1 aliphatic heterocycles. The number of hydrogen-bond donors (Lipinski definition) is 2. The van der Waals surface area contributed by atoms with Crippen LogP contribution >= 0.6 is 0 Å². The van der Waals surface area contributed by atoms with Crippen molar-refractivity contribution in [2.45, 2.75) is 71.4 Å². The monoisotopic (exact) mass is 483 g/mol. The van der Waals surface area contributed by atoms with Crippen LogP contribution in [0.3, 0.4) is 0 Å². The minimum Gasteiger partial charge on any atom is -0.358 e. The molecule has 1 aliphatic carbocycles. The maximum Gasteiger partial charge on any atom is 0.255 e. The first kappa shape index (κ1) is 24.4. The van der Waals surface area contributed by atoms with Gasteiger partial charge in [-0.25, -0.2) is 0 Å². The summed E-state index contributed by atoms with van der Waals surface area (Å²) < 4.78 is 0. The number of carbonyl (C=O) groups excluding carboxylic acids is 2. The molecule has 5 heteroatoms. The van der Waals surface area contributed by atoms with E-state index in [0.29, 0.717) is 18.5 Å². The molecule has 1 aromatic heterocycles. The van der Waals surface area contributed by atoms with Crippen molar-refractivity contribution < 1.29 is 9.59 Å². The quantitative estimate of drug-likeness (QED) is 0.362. The fourth-order valence-electron chi connectivity index (χ4n) is 5.99. The maximum atomic E-state index is 13.9. The zero-order valence-electron chi connectivity index (χ0n) is 21.6. The maximum absolute atomic E-state index is 13.9. The summed E-state index contributed by atoms with van der Waals surface area (Å²) in [6, 6.07) is 15.2. The molecule has 36 heavy (non-hydrogen) atoms. The molecule has 0 saturated carbocycles. The predicted octanol–water partition coefficient (Wildman–Crippen LogP) is 6.44. The van der Waals surface area contributed by atoms with Crippen LogP contribution in [0, 0.1) is 12.8 Å². The molecule has 0 fully saturated rings. The van der Waals surface area contributed by atoms with Crippen LogP contribution in [0.2, 0.25) is 0 Å². The fraction of sp³-hybridized carbons (Fsp3) is 0.419. The van der Waals surface area contributed by atoms with Crippen LogP contribution < -0.4 is 5.32 Å². The van der Waals surface area contributed by atoms with E-state index >= 15 is 0 Å². The number of para-hydroxylation sites is 1. The van der Waals surface area contributed by atoms with Crippen molar-refractivity contribution in [3.63, 3.8) is 0 Å². The smallest absolute Gasteiger partial charge is 0.255 e. The molecular formula is C31H37N3O2. The van der Waals surface area contributed by atoms with Gasteiger partial charge in [0.2, 0.25) is 5.91 Å². The number of carbonyl (C=O) groups is 2. The molecule has 3 aromatic rings. The van der Waals surface area contributed by atoms with Gasteiger partial charge in [0, 0.05) is 34.3 Å². The van der Waals surface area contributed by atoms with Gasteiger partial charge >= 0.3 is 0 Å². The Morgan fingerprint density at radius 1 is 1.11 bits per heavy atom. The lowest BCUT2D eigenvalue weighted by Gasteiger charge is -2.34. The molecule has 0 radical (unpaired) electrons. The molecule has 2 atom stereocenters. The number of H-pyrrole nitrogens is 1. The summed E-state index contributed by atoms with van der Waals surface area (Å²) in [5.41, 5.74) is 6.28. The van der Waals surface area contributed by atoms with E-state index in [-0.39, 0.29) is 23.8 Å². The highest BCUT2D eigenvalue weighted by Crippen LogP contribution is 2.44. The van der Waals surface area contributed by atoms with Crippen molar-refractivity contribution in [1.82, 2.24) is 15.2 Å². The van der Waals surface area contributed by atoms with Crippen LogP contribution in [0.15, 0.2) is 60.2 Å². The topological polar surface area (TPSA) is 65.2 Å². The molecule has 2 unspecified atom stereocenters. The van der Waals surface area contributed by atoms with Crippen LogP contribution in [0.4, 0.5) is 0 Å². The number of aromatic nitrogens is 1. The van der Waals surface area contributed by atoms with Crippen molar-refractivity contribution in [3.05, 3.63) is 82.6 Å². The lowest BCUT2D eigenvalue weighted by Crippen LogP contribution is -2.49. The molecular weight excluding hydrogens is 446 g/mol. The van der Waals surface area contributed by atoms with Gasteiger partial charge in [-0.2, -0.15) is 0 Å². The highest BCUT2D eigenvalue weighted by atomic mass is 16.2. The van der Waals surface area contributed by atoms with Gasteiger partial charge in [0.15, 0.2) is 0 Å². The lowest BCUT2D eigenvalue weighted by molar-refractivity contribution is -0.126. The predicted molar refractivity (Wildman–Crippen MR) is 145 cm³/mol. The minimum atomic E-state index is -0.539. The van der Waals surface area contributed by atoms with Gasteiger partial charge < -0.3 is 15.2 Å². The second-order valence-corrected chi connectivity index (χ2v) is 10.7. The van der Waals surface area contributed by atoms with E-state index in [0.717, 1.165) is 47.0 Å². The van der Waals surface area contributed by atoms with E-state index in [4.69, 9.17) is 0 Å². The van der Waals surface area contributed by atoms with Gasteiger partial charge in [0.05, 0.1) is 6.04 Å². The first-order valence-corrected chi connectivity index (χ1v) is 13.4. The van der Waals surface area contributed by atoms with Crippen molar-refractivity contribution in [1.29, 1.82) is 0 Å². The van der Waals surface area contributed by atoms with Crippen LogP contribution in [0.25, 0.3) is 10.9 Å². The van der Waals surface area contributed by atoms with E-state index in [2.05, 4.69) is 49.3 Å². The minimum absolute atomic E-state index is 0.0521. The lowest BCUT2D eigenvalue weighted by atomic mass is 9.93. The fourth-order valence-corrected chi connectivity index (χ4v) is 5.99. The average molecular weight is 484 g/mol. The van der Waals surface area contributed by atoms with Crippen LogP contribution in [0.5, 0.6) is 0 Å². The highest BCUT2D eigenvalue weighted by Gasteiger charge is 2.45. The van der Waals surface area contributed by atoms with Gasteiger partial charge in [0.1, 0.15) is 6.04 Å². The molecule has 5 rings (SSSR count). The molecule has 2 N–H and O–H groups in total. The van der Waals surface area contributed by atoms with Crippen molar-refractivity contribution in [2.75, 3.05) is 6.54 Å². The summed E-state index contributed by atoms with van der Waals surface area (Å²) in [4.78, 5) is 33.0. The molecule has 0 bridgehead atoms. The average Bonchev–Trinajstić information content (AvgIpc) is 3.35. The third-order valence-corrected chi connectivity index (χ3v) is 7.68. The molecule has 0 saturated heterocycles. The van der Waals surface area contributed by atoms with E-state index in [1.165, 1.54) is 18.4 Å². The Kier molecular flexibility index (Phi) is 6.99. The number of nitrogens with one attached hydrogen (secondary N) is 2. The zero-order chi connectivity index (χ0) is 25.2. The molecule has 2 aromatic carbocycles. The number of aromatic amines is 1. The first-order valence-electron chi connectivity index (χ1n) is 13.4. The number of aryl methyl sites for hydroxylation is 1. The summed E-state index contributed by atoms with van der Waals surface area (Å²) in [6.45, 7) is 6.92. The van der Waals surface area contributed by atoms with Crippen molar-refractivity contribution >= 4 is 22.7 Å². The number of rotatable bonds is 8.